The van der Waals surface area contributed by atoms with Gasteiger partial charge in [-0.3, -0.25) is 4.98 Å². The van der Waals surface area contributed by atoms with E-state index in [4.69, 9.17) is 0 Å². The van der Waals surface area contributed by atoms with Gasteiger partial charge in [-0.2, -0.15) is 0 Å². The molecular weight excluding hydrogens is 86.1 g/mol. The van der Waals surface area contributed by atoms with Crippen LogP contribution >= 0.6 is 0 Å². The first-order valence-electron chi connectivity index (χ1n) is 2.10. The molecule has 1 aromatic rings. The molecule has 0 aliphatic heterocycles. The van der Waals surface area contributed by atoms with Crippen LogP contribution in [0.25, 0.3) is 0 Å². The molecule has 0 fully saturated rings. The molecule has 0 amide bonds. The van der Waals surface area contributed by atoms with E-state index in [1.54, 1.807) is 6.07 Å². The van der Waals surface area contributed by atoms with Crippen LogP contribution in [0.15, 0.2) is 12.1 Å². The molecule has 1 nitrogen and oxygen atoms in total. The van der Waals surface area contributed by atoms with Crippen molar-refractivity contribution in [3.63, 3.8) is 0 Å². The summed E-state index contributed by atoms with van der Waals surface area (Å²) in [6, 6.07) is 6.32. The molecule has 0 bridgehead atoms. The van der Waals surface area contributed by atoms with E-state index >= 15 is 0 Å². The van der Waals surface area contributed by atoms with E-state index < -0.39 is 0 Å². The summed E-state index contributed by atoms with van der Waals surface area (Å²) in [4.78, 5) is 3.82. The van der Waals surface area contributed by atoms with Crippen LogP contribution in [0.1, 0.15) is 5.69 Å². The molecule has 34 valence electrons. The third-order valence-corrected chi connectivity index (χ3v) is 0.681. The Morgan fingerprint density at radius 3 is 2.86 bits per heavy atom. The van der Waals surface area contributed by atoms with Gasteiger partial charge in [-0.15, -0.1) is 0 Å². The van der Waals surface area contributed by atoms with Gasteiger partial charge in [-0.25, -0.2) is 0 Å². The number of hydrogen-bond acceptors (Lipinski definition) is 1. The van der Waals surface area contributed by atoms with Gasteiger partial charge in [0, 0.05) is 5.69 Å². The van der Waals surface area contributed by atoms with Crippen molar-refractivity contribution in [2.45, 2.75) is 6.92 Å². The average molecular weight is 91.1 g/mol. The summed E-state index contributed by atoms with van der Waals surface area (Å²) in [7, 11) is 0. The molecule has 1 aromatic heterocycles. The van der Waals surface area contributed by atoms with Gasteiger partial charge in [0.05, 0.1) is 6.20 Å². The normalized spacial score (nSPS) is 8.71. The summed E-state index contributed by atoms with van der Waals surface area (Å²) < 4.78 is 0. The first-order chi connectivity index (χ1) is 3.39. The van der Waals surface area contributed by atoms with Crippen molar-refractivity contribution in [2.24, 2.45) is 0 Å². The minimum absolute atomic E-state index is 0.961. The highest BCUT2D eigenvalue weighted by atomic mass is 14.6. The SMILES string of the molecule is Cc1c[c]c[c]n1. The summed E-state index contributed by atoms with van der Waals surface area (Å²) in [5, 5.41) is 0. The van der Waals surface area contributed by atoms with E-state index in [1.807, 2.05) is 13.0 Å². The lowest BCUT2D eigenvalue weighted by Gasteiger charge is -1.80. The van der Waals surface area contributed by atoms with Crippen LogP contribution in [0.4, 0.5) is 0 Å². The van der Waals surface area contributed by atoms with E-state index in [9.17, 15) is 0 Å². The Labute approximate surface area is 43.0 Å². The van der Waals surface area contributed by atoms with Crippen LogP contribution in [0.3, 0.4) is 0 Å². The fourth-order valence-corrected chi connectivity index (χ4v) is 0.366. The van der Waals surface area contributed by atoms with E-state index in [0.717, 1.165) is 5.69 Å². The average Bonchev–Trinajstić information content (AvgIpc) is 1.69. The molecule has 0 saturated carbocycles. The van der Waals surface area contributed by atoms with Crippen molar-refractivity contribution < 1.29 is 0 Å². The van der Waals surface area contributed by atoms with Crippen molar-refractivity contribution in [3.05, 3.63) is 30.1 Å². The monoisotopic (exact) mass is 91.0 g/mol. The third-order valence-electron chi connectivity index (χ3n) is 0.681. The van der Waals surface area contributed by atoms with Crippen molar-refractivity contribution in [1.29, 1.82) is 0 Å². The Morgan fingerprint density at radius 1 is 1.71 bits per heavy atom. The second kappa shape index (κ2) is 1.73. The smallest absolute Gasteiger partial charge is 0.0895 e. The van der Waals surface area contributed by atoms with Gasteiger partial charge in [0.15, 0.2) is 0 Å². The fraction of sp³-hybridized carbons (Fsp3) is 0.167. The van der Waals surface area contributed by atoms with Crippen molar-refractivity contribution in [1.82, 2.24) is 4.98 Å². The van der Waals surface area contributed by atoms with Gasteiger partial charge in [-0.05, 0) is 25.1 Å². The lowest BCUT2D eigenvalue weighted by molar-refractivity contribution is 1.19. The van der Waals surface area contributed by atoms with E-state index in [2.05, 4.69) is 17.2 Å². The topological polar surface area (TPSA) is 12.9 Å². The Hall–Kier alpha value is -0.850. The molecule has 0 spiro atoms. The number of nitrogens with zero attached hydrogens (tertiary/aromatic N) is 1. The molecule has 1 rings (SSSR count). The lowest BCUT2D eigenvalue weighted by Crippen LogP contribution is -1.73. The highest BCUT2D eigenvalue weighted by Crippen LogP contribution is 1.84. The second-order valence-corrected chi connectivity index (χ2v) is 1.34. The first-order valence-corrected chi connectivity index (χ1v) is 2.10. The number of aromatic nitrogens is 1. The van der Waals surface area contributed by atoms with Crippen LogP contribution < -0.4 is 0 Å². The summed E-state index contributed by atoms with van der Waals surface area (Å²) in [6.45, 7) is 1.91. The molecule has 7 heavy (non-hydrogen) atoms. The van der Waals surface area contributed by atoms with Crippen LogP contribution in [-0.4, -0.2) is 4.98 Å². The van der Waals surface area contributed by atoms with Gasteiger partial charge in [0.25, 0.3) is 0 Å². The van der Waals surface area contributed by atoms with Gasteiger partial charge in [0.1, 0.15) is 0 Å². The van der Waals surface area contributed by atoms with Gasteiger partial charge in [0.2, 0.25) is 0 Å². The van der Waals surface area contributed by atoms with Crippen LogP contribution in [0.5, 0.6) is 0 Å². The molecule has 0 aliphatic rings. The van der Waals surface area contributed by atoms with E-state index in [1.165, 1.54) is 0 Å². The van der Waals surface area contributed by atoms with E-state index in [0.29, 0.717) is 0 Å². The number of hydrogen-bond donors (Lipinski definition) is 0. The lowest BCUT2D eigenvalue weighted by atomic mass is 10.4. The highest BCUT2D eigenvalue weighted by molar-refractivity contribution is 4.97. The first kappa shape index (κ1) is 4.31. The summed E-state index contributed by atoms with van der Waals surface area (Å²) in [5.74, 6) is 0. The second-order valence-electron chi connectivity index (χ2n) is 1.34. The zero-order chi connectivity index (χ0) is 5.11. The van der Waals surface area contributed by atoms with E-state index in [-0.39, 0.29) is 0 Å². The van der Waals surface area contributed by atoms with Crippen LogP contribution in [-0.2, 0) is 0 Å². The number of rotatable bonds is 0. The molecular formula is C6H5N. The van der Waals surface area contributed by atoms with Crippen molar-refractivity contribution in [2.75, 3.05) is 0 Å². The van der Waals surface area contributed by atoms with Crippen LogP contribution in [0, 0.1) is 19.2 Å². The Morgan fingerprint density at radius 2 is 2.57 bits per heavy atom. The third kappa shape index (κ3) is 1.000. The van der Waals surface area contributed by atoms with Gasteiger partial charge < -0.3 is 0 Å². The molecule has 0 atom stereocenters. The zero-order valence-corrected chi connectivity index (χ0v) is 4.10. The molecule has 0 aliphatic carbocycles. The summed E-state index contributed by atoms with van der Waals surface area (Å²) in [5.41, 5.74) is 0.961. The van der Waals surface area contributed by atoms with Gasteiger partial charge in [-0.1, -0.05) is 0 Å². The number of pyridine rings is 1. The molecule has 0 aromatic carbocycles. The zero-order valence-electron chi connectivity index (χ0n) is 4.10. The molecule has 1 heteroatoms. The van der Waals surface area contributed by atoms with Crippen LogP contribution in [0.2, 0.25) is 0 Å². The minimum atomic E-state index is 0.961. The maximum absolute atomic E-state index is 3.82. The summed E-state index contributed by atoms with van der Waals surface area (Å²) in [6.07, 6.45) is 2.66. The standard InChI is InChI=1S/C6H5N/c1-6-4-2-3-5-7-6/h3-4H,1H3. The molecule has 0 unspecified atom stereocenters. The highest BCUT2D eigenvalue weighted by Gasteiger charge is 1.74. The largest absolute Gasteiger partial charge is 0.251 e. The maximum Gasteiger partial charge on any atom is 0.0895 e. The number of aryl methyl sites for hydroxylation is 1. The quantitative estimate of drug-likeness (QED) is 0.464. The predicted molar refractivity (Wildman–Crippen MR) is 26.6 cm³/mol. The molecule has 0 saturated heterocycles. The maximum atomic E-state index is 3.82. The van der Waals surface area contributed by atoms with Gasteiger partial charge >= 0.3 is 0 Å². The minimum Gasteiger partial charge on any atom is -0.251 e. The fourth-order valence-electron chi connectivity index (χ4n) is 0.366. The molecule has 1 heterocycles. The molecule has 0 N–H and O–H groups in total. The molecule has 2 radical (unpaired) electrons. The van der Waals surface area contributed by atoms with Crippen molar-refractivity contribution in [3.8, 4) is 0 Å². The predicted octanol–water partition coefficient (Wildman–Crippen LogP) is 0.990. The Balaban J connectivity index is 3.02. The summed E-state index contributed by atoms with van der Waals surface area (Å²) >= 11 is 0. The Kier molecular flexibility index (Phi) is 1.07. The Bertz CT molecular complexity index is 134. The van der Waals surface area contributed by atoms with Crippen molar-refractivity contribution >= 4 is 0 Å².